The van der Waals surface area contributed by atoms with Gasteiger partial charge in [0.2, 0.25) is 0 Å². The van der Waals surface area contributed by atoms with Gasteiger partial charge in [-0.15, -0.1) is 0 Å². The monoisotopic (exact) mass is 148 g/mol. The zero-order valence-corrected chi connectivity index (χ0v) is 6.67. The van der Waals surface area contributed by atoms with Gasteiger partial charge >= 0.3 is 0 Å². The smallest absolute Gasteiger partial charge is 0.154 e. The molecule has 0 aromatic carbocycles. The summed E-state index contributed by atoms with van der Waals surface area (Å²) in [5.41, 5.74) is 0. The van der Waals surface area contributed by atoms with Crippen LogP contribution in [0.4, 0.5) is 0 Å². The van der Waals surface area contributed by atoms with Crippen molar-refractivity contribution in [3.05, 3.63) is 0 Å². The lowest BCUT2D eigenvalue weighted by molar-refractivity contribution is -0.167. The van der Waals surface area contributed by atoms with E-state index in [1.54, 1.807) is 6.92 Å². The third-order valence-corrected chi connectivity index (χ3v) is 0.994. The zero-order valence-electron chi connectivity index (χ0n) is 6.67. The van der Waals surface area contributed by atoms with Gasteiger partial charge in [-0.1, -0.05) is 0 Å². The predicted molar refractivity (Wildman–Crippen MR) is 38.7 cm³/mol. The molecule has 0 atom stereocenters. The van der Waals surface area contributed by atoms with Crippen molar-refractivity contribution < 1.29 is 14.6 Å². The van der Waals surface area contributed by atoms with E-state index in [2.05, 4.69) is 0 Å². The number of aliphatic hydroxyl groups is 1. The van der Waals surface area contributed by atoms with E-state index in [1.165, 1.54) is 0 Å². The Labute approximate surface area is 62.0 Å². The van der Waals surface area contributed by atoms with Crippen LogP contribution in [-0.2, 0) is 9.47 Å². The van der Waals surface area contributed by atoms with Crippen molar-refractivity contribution in [1.82, 2.24) is 0 Å². The van der Waals surface area contributed by atoms with Crippen molar-refractivity contribution in [2.45, 2.75) is 26.6 Å². The van der Waals surface area contributed by atoms with Crippen molar-refractivity contribution in [2.75, 3.05) is 19.8 Å². The summed E-state index contributed by atoms with van der Waals surface area (Å²) in [6.45, 7) is 5.57. The number of hydrogen-bond donors (Lipinski definition) is 1. The molecule has 0 aromatic rings. The Morgan fingerprint density at radius 1 is 1.40 bits per heavy atom. The maximum atomic E-state index is 7.57. The Kier molecular flexibility index (Phi) is 6.91. The molecule has 0 saturated carbocycles. The second kappa shape index (κ2) is 6.99. The van der Waals surface area contributed by atoms with Gasteiger partial charge < -0.3 is 14.6 Å². The number of ether oxygens (including phenoxy) is 2. The van der Waals surface area contributed by atoms with Crippen LogP contribution < -0.4 is 0 Å². The fourth-order valence-electron chi connectivity index (χ4n) is 0.606. The minimum Gasteiger partial charge on any atom is -0.397 e. The normalized spacial score (nSPS) is 19.5. The lowest BCUT2D eigenvalue weighted by atomic mass is 10.4. The molecule has 1 rings (SSSR count). The molecule has 62 valence electrons. The van der Waals surface area contributed by atoms with Crippen molar-refractivity contribution in [3.63, 3.8) is 0 Å². The molecular weight excluding hydrogens is 132 g/mol. The molecule has 1 aliphatic rings. The molecule has 1 saturated heterocycles. The maximum Gasteiger partial charge on any atom is 0.154 e. The zero-order chi connectivity index (χ0) is 7.82. The Morgan fingerprint density at radius 2 is 1.80 bits per heavy atom. The van der Waals surface area contributed by atoms with Crippen molar-refractivity contribution in [2.24, 2.45) is 0 Å². The molecule has 0 aliphatic carbocycles. The van der Waals surface area contributed by atoms with Crippen molar-refractivity contribution in [3.8, 4) is 0 Å². The van der Waals surface area contributed by atoms with E-state index < -0.39 is 0 Å². The van der Waals surface area contributed by atoms with Gasteiger partial charge in [-0.05, 0) is 20.3 Å². The molecule has 1 heterocycles. The molecule has 0 radical (unpaired) electrons. The second-order valence-corrected chi connectivity index (χ2v) is 1.98. The molecule has 1 N–H and O–H groups in total. The van der Waals surface area contributed by atoms with E-state index in [0.29, 0.717) is 0 Å². The standard InChI is InChI=1S/C5H10O2.C2H6O/c1-5-6-3-2-4-7-5;1-2-3/h5H,2-4H2,1H3;3H,2H2,1H3. The summed E-state index contributed by atoms with van der Waals surface area (Å²) in [7, 11) is 0. The van der Waals surface area contributed by atoms with E-state index in [-0.39, 0.29) is 12.9 Å². The molecule has 1 fully saturated rings. The van der Waals surface area contributed by atoms with E-state index in [0.717, 1.165) is 19.6 Å². The summed E-state index contributed by atoms with van der Waals surface area (Å²) in [6, 6.07) is 0. The summed E-state index contributed by atoms with van der Waals surface area (Å²) in [5.74, 6) is 0. The van der Waals surface area contributed by atoms with Crippen LogP contribution in [0.5, 0.6) is 0 Å². The fraction of sp³-hybridized carbons (Fsp3) is 1.00. The van der Waals surface area contributed by atoms with Gasteiger partial charge in [0.05, 0.1) is 13.2 Å². The summed E-state index contributed by atoms with van der Waals surface area (Å²) >= 11 is 0. The van der Waals surface area contributed by atoms with Crippen LogP contribution >= 0.6 is 0 Å². The minimum absolute atomic E-state index is 0.0359. The average Bonchev–Trinajstić information content (AvgIpc) is 1.91. The molecule has 3 nitrogen and oxygen atoms in total. The third-order valence-electron chi connectivity index (χ3n) is 0.994. The van der Waals surface area contributed by atoms with Crippen molar-refractivity contribution in [1.29, 1.82) is 0 Å². The molecule has 1 aliphatic heterocycles. The predicted octanol–water partition coefficient (Wildman–Crippen LogP) is 0.768. The third kappa shape index (κ3) is 6.01. The van der Waals surface area contributed by atoms with Crippen LogP contribution in [0.15, 0.2) is 0 Å². The summed E-state index contributed by atoms with van der Waals surface area (Å²) in [6.07, 6.45) is 1.08. The molecule has 0 aromatic heterocycles. The van der Waals surface area contributed by atoms with Crippen LogP contribution in [-0.4, -0.2) is 31.2 Å². The second-order valence-electron chi connectivity index (χ2n) is 1.98. The number of hydrogen-bond acceptors (Lipinski definition) is 3. The molecule has 10 heavy (non-hydrogen) atoms. The lowest BCUT2D eigenvalue weighted by Gasteiger charge is -2.18. The number of aliphatic hydroxyl groups excluding tert-OH is 1. The van der Waals surface area contributed by atoms with E-state index in [1.807, 2.05) is 6.92 Å². The molecule has 0 unspecified atom stereocenters. The fourth-order valence-corrected chi connectivity index (χ4v) is 0.606. The van der Waals surface area contributed by atoms with Gasteiger partial charge in [0.25, 0.3) is 0 Å². The molecule has 0 amide bonds. The van der Waals surface area contributed by atoms with Gasteiger partial charge in [-0.3, -0.25) is 0 Å². The Balaban J connectivity index is 0.000000236. The van der Waals surface area contributed by atoms with Crippen LogP contribution in [0, 0.1) is 0 Å². The quantitative estimate of drug-likeness (QED) is 0.551. The SMILES string of the molecule is CC1OCCCO1.CCO. The first-order valence-corrected chi connectivity index (χ1v) is 3.65. The highest BCUT2D eigenvalue weighted by Crippen LogP contribution is 2.01. The van der Waals surface area contributed by atoms with Crippen LogP contribution in [0.1, 0.15) is 20.3 Å². The highest BCUT2D eigenvalue weighted by molar-refractivity contribution is 4.42. The van der Waals surface area contributed by atoms with E-state index in [4.69, 9.17) is 14.6 Å². The lowest BCUT2D eigenvalue weighted by Crippen LogP contribution is -2.21. The van der Waals surface area contributed by atoms with Gasteiger partial charge in [-0.2, -0.15) is 0 Å². The van der Waals surface area contributed by atoms with Crippen molar-refractivity contribution >= 4 is 0 Å². The highest BCUT2D eigenvalue weighted by atomic mass is 16.7. The maximum absolute atomic E-state index is 7.57. The summed E-state index contributed by atoms with van der Waals surface area (Å²) in [5, 5.41) is 7.57. The van der Waals surface area contributed by atoms with E-state index >= 15 is 0 Å². The van der Waals surface area contributed by atoms with Crippen LogP contribution in [0.2, 0.25) is 0 Å². The number of rotatable bonds is 0. The topological polar surface area (TPSA) is 38.7 Å². The molecule has 0 spiro atoms. The minimum atomic E-state index is 0.0359. The van der Waals surface area contributed by atoms with Crippen LogP contribution in [0.3, 0.4) is 0 Å². The van der Waals surface area contributed by atoms with Gasteiger partial charge in [0.15, 0.2) is 6.29 Å². The van der Waals surface area contributed by atoms with Crippen LogP contribution in [0.25, 0.3) is 0 Å². The van der Waals surface area contributed by atoms with E-state index in [9.17, 15) is 0 Å². The molecule has 0 bridgehead atoms. The molecule has 3 heteroatoms. The summed E-state index contributed by atoms with van der Waals surface area (Å²) in [4.78, 5) is 0. The van der Waals surface area contributed by atoms with Gasteiger partial charge in [0, 0.05) is 6.61 Å². The first-order chi connectivity index (χ1) is 4.81. The Hall–Kier alpha value is -0.120. The van der Waals surface area contributed by atoms with Gasteiger partial charge in [-0.25, -0.2) is 0 Å². The largest absolute Gasteiger partial charge is 0.397 e. The average molecular weight is 148 g/mol. The summed E-state index contributed by atoms with van der Waals surface area (Å²) < 4.78 is 10.1. The Bertz CT molecular complexity index is 59.9. The first-order valence-electron chi connectivity index (χ1n) is 3.65. The highest BCUT2D eigenvalue weighted by Gasteiger charge is 2.05. The first kappa shape index (κ1) is 9.88. The van der Waals surface area contributed by atoms with Gasteiger partial charge in [0.1, 0.15) is 0 Å². The molecular formula is C7H16O3. The Morgan fingerprint density at radius 3 is 2.00 bits per heavy atom.